The summed E-state index contributed by atoms with van der Waals surface area (Å²) >= 11 is 0. The fraction of sp³-hybridized carbons (Fsp3) is 0.200. The molecule has 0 aliphatic carbocycles. The Morgan fingerprint density at radius 3 is 3.21 bits per heavy atom. The van der Waals surface area contributed by atoms with Crippen LogP contribution < -0.4 is 0 Å². The van der Waals surface area contributed by atoms with Crippen molar-refractivity contribution in [2.24, 2.45) is 0 Å². The topological polar surface area (TPSA) is 55.1 Å². The second-order valence-corrected chi connectivity index (χ2v) is 2.57. The molecule has 4 heteroatoms. The maximum atomic E-state index is 10.2. The van der Waals surface area contributed by atoms with Gasteiger partial charge in [0, 0.05) is 17.8 Å². The number of carboxylic acid groups (broad SMARTS) is 1. The molecule has 0 unspecified atom stereocenters. The first-order valence-electron chi connectivity index (χ1n) is 4.05. The van der Waals surface area contributed by atoms with Crippen molar-refractivity contribution in [3.05, 3.63) is 24.0 Å². The minimum absolute atomic E-state index is 0.525. The zero-order chi connectivity index (χ0) is 10.4. The number of aliphatic carboxylic acids is 1. The molecule has 1 rings (SSSR count). The van der Waals surface area contributed by atoms with Crippen LogP contribution in [0.4, 0.5) is 0 Å². The summed E-state index contributed by atoms with van der Waals surface area (Å²) < 4.78 is 1.65. The van der Waals surface area contributed by atoms with Gasteiger partial charge in [-0.1, -0.05) is 5.92 Å². The Morgan fingerprint density at radius 2 is 2.57 bits per heavy atom. The van der Waals surface area contributed by atoms with Gasteiger partial charge in [0.25, 0.3) is 0 Å². The summed E-state index contributed by atoms with van der Waals surface area (Å²) in [7, 11) is 0. The summed E-state index contributed by atoms with van der Waals surface area (Å²) in [6.45, 7) is 2.28. The molecule has 0 aliphatic rings. The summed E-state index contributed by atoms with van der Waals surface area (Å²) in [5, 5.41) is 12.4. The first-order valence-corrected chi connectivity index (χ1v) is 4.05. The van der Waals surface area contributed by atoms with Crippen LogP contribution in [0.1, 0.15) is 12.5 Å². The van der Waals surface area contributed by atoms with E-state index in [9.17, 15) is 4.79 Å². The molecule has 1 N–H and O–H groups in total. The number of nitrogens with zero attached hydrogens (tertiary/aromatic N) is 2. The number of hydrogen-bond acceptors (Lipinski definition) is 2. The number of aromatic nitrogens is 2. The summed E-state index contributed by atoms with van der Waals surface area (Å²) in [6, 6.07) is 0. The van der Waals surface area contributed by atoms with Crippen LogP contribution in [0.15, 0.2) is 18.5 Å². The fourth-order valence-electron chi connectivity index (χ4n) is 0.880. The molecular formula is C10H10N2O2. The van der Waals surface area contributed by atoms with Crippen LogP contribution in [0, 0.1) is 11.8 Å². The van der Waals surface area contributed by atoms with Crippen LogP contribution in [0.2, 0.25) is 0 Å². The average molecular weight is 190 g/mol. The molecule has 0 radical (unpaired) electrons. The van der Waals surface area contributed by atoms with E-state index < -0.39 is 5.97 Å². The van der Waals surface area contributed by atoms with E-state index in [1.165, 1.54) is 6.08 Å². The lowest BCUT2D eigenvalue weighted by Gasteiger charge is -1.89. The number of rotatable bonds is 3. The van der Waals surface area contributed by atoms with Gasteiger partial charge in [0.15, 0.2) is 0 Å². The smallest absolute Gasteiger partial charge is 0.328 e. The monoisotopic (exact) mass is 190 g/mol. The lowest BCUT2D eigenvalue weighted by atomic mass is 10.3. The van der Waals surface area contributed by atoms with Gasteiger partial charge >= 0.3 is 5.97 Å². The van der Waals surface area contributed by atoms with Crippen molar-refractivity contribution in [3.63, 3.8) is 0 Å². The van der Waals surface area contributed by atoms with Gasteiger partial charge in [-0.05, 0) is 13.0 Å². The third kappa shape index (κ3) is 3.15. The van der Waals surface area contributed by atoms with Crippen LogP contribution >= 0.6 is 0 Å². The third-order valence-electron chi connectivity index (χ3n) is 1.49. The molecule has 0 spiro atoms. The van der Waals surface area contributed by atoms with Crippen molar-refractivity contribution >= 4 is 12.0 Å². The lowest BCUT2D eigenvalue weighted by Crippen LogP contribution is -1.94. The first-order chi connectivity index (χ1) is 6.72. The predicted molar refractivity (Wildman–Crippen MR) is 52.3 cm³/mol. The molecule has 0 saturated heterocycles. The summed E-state index contributed by atoms with van der Waals surface area (Å²) in [5.74, 6) is 4.64. The van der Waals surface area contributed by atoms with E-state index in [2.05, 4.69) is 16.9 Å². The van der Waals surface area contributed by atoms with Crippen LogP contribution in [-0.4, -0.2) is 20.9 Å². The third-order valence-corrected chi connectivity index (χ3v) is 1.49. The Labute approximate surface area is 81.9 Å². The first kappa shape index (κ1) is 10.1. The highest BCUT2D eigenvalue weighted by molar-refractivity contribution is 5.85. The number of carboxylic acids is 1. The molecule has 0 fully saturated rings. The SMILES string of the molecule is CC#CCn1cc(/C=C/C(=O)O)cn1. The van der Waals surface area contributed by atoms with Crippen molar-refractivity contribution < 1.29 is 9.90 Å². The van der Waals surface area contributed by atoms with E-state index >= 15 is 0 Å². The zero-order valence-corrected chi connectivity index (χ0v) is 7.77. The van der Waals surface area contributed by atoms with E-state index in [4.69, 9.17) is 5.11 Å². The highest BCUT2D eigenvalue weighted by Crippen LogP contribution is 1.99. The second-order valence-electron chi connectivity index (χ2n) is 2.57. The molecule has 4 nitrogen and oxygen atoms in total. The van der Waals surface area contributed by atoms with Crippen molar-refractivity contribution in [2.75, 3.05) is 0 Å². The van der Waals surface area contributed by atoms with Gasteiger partial charge in [0.1, 0.15) is 6.54 Å². The van der Waals surface area contributed by atoms with Gasteiger partial charge in [0.05, 0.1) is 6.20 Å². The van der Waals surface area contributed by atoms with E-state index in [1.54, 1.807) is 24.0 Å². The molecule has 0 atom stereocenters. The van der Waals surface area contributed by atoms with Gasteiger partial charge < -0.3 is 5.11 Å². The van der Waals surface area contributed by atoms with Crippen molar-refractivity contribution in [3.8, 4) is 11.8 Å². The molecule has 1 heterocycles. The maximum Gasteiger partial charge on any atom is 0.328 e. The van der Waals surface area contributed by atoms with Gasteiger partial charge in [-0.2, -0.15) is 5.10 Å². The molecule has 72 valence electrons. The number of carbonyl (C=O) groups is 1. The van der Waals surface area contributed by atoms with Crippen molar-refractivity contribution in [1.29, 1.82) is 0 Å². The quantitative estimate of drug-likeness (QED) is 0.571. The summed E-state index contributed by atoms with van der Waals surface area (Å²) in [5.41, 5.74) is 0.755. The molecule has 0 aromatic carbocycles. The molecule has 0 saturated carbocycles. The highest BCUT2D eigenvalue weighted by atomic mass is 16.4. The van der Waals surface area contributed by atoms with E-state index in [0.29, 0.717) is 6.54 Å². The van der Waals surface area contributed by atoms with Gasteiger partial charge in [-0.25, -0.2) is 4.79 Å². The Kier molecular flexibility index (Phi) is 3.50. The summed E-state index contributed by atoms with van der Waals surface area (Å²) in [6.07, 6.45) is 5.90. The molecule has 14 heavy (non-hydrogen) atoms. The molecule has 0 bridgehead atoms. The zero-order valence-electron chi connectivity index (χ0n) is 7.77. The average Bonchev–Trinajstić information content (AvgIpc) is 2.59. The fourth-order valence-corrected chi connectivity index (χ4v) is 0.880. The Hall–Kier alpha value is -2.02. The number of hydrogen-bond donors (Lipinski definition) is 1. The molecule has 0 aliphatic heterocycles. The lowest BCUT2D eigenvalue weighted by molar-refractivity contribution is -0.131. The van der Waals surface area contributed by atoms with Crippen LogP contribution in [0.25, 0.3) is 6.08 Å². The van der Waals surface area contributed by atoms with Crippen molar-refractivity contribution in [2.45, 2.75) is 13.5 Å². The van der Waals surface area contributed by atoms with E-state index in [-0.39, 0.29) is 0 Å². The normalized spacial score (nSPS) is 9.79. The van der Waals surface area contributed by atoms with Crippen LogP contribution in [-0.2, 0) is 11.3 Å². The van der Waals surface area contributed by atoms with Crippen LogP contribution in [0.3, 0.4) is 0 Å². The molecular weight excluding hydrogens is 180 g/mol. The largest absolute Gasteiger partial charge is 0.478 e. The Balaban J connectivity index is 2.66. The molecule has 1 aromatic heterocycles. The second kappa shape index (κ2) is 4.87. The van der Waals surface area contributed by atoms with Crippen LogP contribution in [0.5, 0.6) is 0 Å². The highest BCUT2D eigenvalue weighted by Gasteiger charge is 1.93. The standard InChI is InChI=1S/C10H10N2O2/c1-2-3-6-12-8-9(7-11-12)4-5-10(13)14/h4-5,7-8H,6H2,1H3,(H,13,14)/b5-4+. The maximum absolute atomic E-state index is 10.2. The molecule has 0 amide bonds. The predicted octanol–water partition coefficient (Wildman–Crippen LogP) is 1.00. The van der Waals surface area contributed by atoms with Gasteiger partial charge in [0.2, 0.25) is 0 Å². The van der Waals surface area contributed by atoms with Crippen molar-refractivity contribution in [1.82, 2.24) is 9.78 Å². The van der Waals surface area contributed by atoms with E-state index in [1.807, 2.05) is 0 Å². The minimum Gasteiger partial charge on any atom is -0.478 e. The Bertz CT molecular complexity index is 407. The molecule has 1 aromatic rings. The van der Waals surface area contributed by atoms with Gasteiger partial charge in [-0.15, -0.1) is 5.92 Å². The Morgan fingerprint density at radius 1 is 1.79 bits per heavy atom. The van der Waals surface area contributed by atoms with E-state index in [0.717, 1.165) is 11.6 Å². The minimum atomic E-state index is -0.967. The summed E-state index contributed by atoms with van der Waals surface area (Å²) in [4.78, 5) is 10.2. The van der Waals surface area contributed by atoms with Gasteiger partial charge in [-0.3, -0.25) is 4.68 Å².